The van der Waals surface area contributed by atoms with E-state index in [0.29, 0.717) is 15.2 Å². The van der Waals surface area contributed by atoms with Crippen LogP contribution in [0, 0.1) is 5.92 Å². The van der Waals surface area contributed by atoms with E-state index in [1.807, 2.05) is 30.3 Å². The van der Waals surface area contributed by atoms with Gasteiger partial charge in [-0.1, -0.05) is 41.1 Å². The van der Waals surface area contributed by atoms with Crippen LogP contribution in [0.25, 0.3) is 0 Å². The van der Waals surface area contributed by atoms with E-state index in [9.17, 15) is 4.79 Å². The molecule has 2 aromatic rings. The van der Waals surface area contributed by atoms with Crippen LogP contribution in [0.4, 0.5) is 10.8 Å². The lowest BCUT2D eigenvalue weighted by Gasteiger charge is -1.99. The summed E-state index contributed by atoms with van der Waals surface area (Å²) >= 11 is 7.43. The molecule has 5 nitrogen and oxygen atoms in total. The zero-order valence-corrected chi connectivity index (χ0v) is 12.6. The second-order valence-corrected chi connectivity index (χ2v) is 6.06. The molecule has 0 atom stereocenters. The first-order valence-electron chi connectivity index (χ1n) is 6.53. The number of thiazole rings is 1. The summed E-state index contributed by atoms with van der Waals surface area (Å²) in [4.78, 5) is 16.4. The molecule has 1 saturated carbocycles. The van der Waals surface area contributed by atoms with Gasteiger partial charge in [0, 0.05) is 11.6 Å². The van der Waals surface area contributed by atoms with Gasteiger partial charge in [-0.05, 0) is 25.0 Å². The fourth-order valence-electron chi connectivity index (χ4n) is 1.68. The largest absolute Gasteiger partial charge is 0.331 e. The smallest absolute Gasteiger partial charge is 0.243 e. The SMILES string of the molecule is O=C(NN=Cc1sc(Nc2ccccc2)nc1Cl)C1CC1. The van der Waals surface area contributed by atoms with Gasteiger partial charge in [0.2, 0.25) is 5.91 Å². The van der Waals surface area contributed by atoms with E-state index in [0.717, 1.165) is 18.5 Å². The monoisotopic (exact) mass is 320 g/mol. The molecule has 0 spiro atoms. The molecule has 108 valence electrons. The van der Waals surface area contributed by atoms with E-state index in [4.69, 9.17) is 11.6 Å². The van der Waals surface area contributed by atoms with Crippen LogP contribution in [0.5, 0.6) is 0 Å². The average molecular weight is 321 g/mol. The highest BCUT2D eigenvalue weighted by Gasteiger charge is 2.29. The van der Waals surface area contributed by atoms with Crippen LogP contribution in [0.1, 0.15) is 17.7 Å². The first kappa shape index (κ1) is 14.0. The van der Waals surface area contributed by atoms with Crippen LogP contribution in [-0.4, -0.2) is 17.1 Å². The number of amides is 1. The highest BCUT2D eigenvalue weighted by molar-refractivity contribution is 7.17. The third kappa shape index (κ3) is 3.80. The Balaban J connectivity index is 1.63. The van der Waals surface area contributed by atoms with Crippen molar-refractivity contribution in [2.24, 2.45) is 11.0 Å². The number of halogens is 1. The Bertz CT molecular complexity index is 667. The molecule has 1 amide bonds. The van der Waals surface area contributed by atoms with Crippen molar-refractivity contribution in [3.63, 3.8) is 0 Å². The summed E-state index contributed by atoms with van der Waals surface area (Å²) in [5.41, 5.74) is 3.45. The van der Waals surface area contributed by atoms with Crippen molar-refractivity contribution in [1.82, 2.24) is 10.4 Å². The fraction of sp³-hybridized carbons (Fsp3) is 0.214. The maximum Gasteiger partial charge on any atom is 0.243 e. The second-order valence-electron chi connectivity index (χ2n) is 4.67. The maximum absolute atomic E-state index is 11.4. The van der Waals surface area contributed by atoms with Gasteiger partial charge < -0.3 is 5.32 Å². The Morgan fingerprint density at radius 1 is 1.38 bits per heavy atom. The van der Waals surface area contributed by atoms with Gasteiger partial charge in [0.05, 0.1) is 11.1 Å². The minimum absolute atomic E-state index is 0.0329. The molecule has 0 saturated heterocycles. The van der Waals surface area contributed by atoms with Crippen molar-refractivity contribution in [2.75, 3.05) is 5.32 Å². The van der Waals surface area contributed by atoms with E-state index in [2.05, 4.69) is 20.8 Å². The predicted octanol–water partition coefficient (Wildman–Crippen LogP) is 3.40. The third-order valence-electron chi connectivity index (χ3n) is 2.94. The molecule has 1 aliphatic carbocycles. The van der Waals surface area contributed by atoms with Crippen LogP contribution in [0.15, 0.2) is 35.4 Å². The number of carbonyl (C=O) groups excluding carboxylic acids is 1. The summed E-state index contributed by atoms with van der Waals surface area (Å²) in [5, 5.41) is 8.13. The Morgan fingerprint density at radius 2 is 2.14 bits per heavy atom. The first-order chi connectivity index (χ1) is 10.2. The number of benzene rings is 1. The van der Waals surface area contributed by atoms with Gasteiger partial charge in [-0.15, -0.1) is 0 Å². The molecule has 1 heterocycles. The summed E-state index contributed by atoms with van der Waals surface area (Å²) < 4.78 is 0. The Labute approximate surface area is 131 Å². The van der Waals surface area contributed by atoms with Crippen LogP contribution in [0.2, 0.25) is 5.15 Å². The number of para-hydroxylation sites is 1. The number of hydrogen-bond acceptors (Lipinski definition) is 5. The molecular formula is C14H13ClN4OS. The van der Waals surface area contributed by atoms with Crippen LogP contribution >= 0.6 is 22.9 Å². The van der Waals surface area contributed by atoms with Gasteiger partial charge in [0.15, 0.2) is 10.3 Å². The van der Waals surface area contributed by atoms with Crippen molar-refractivity contribution in [3.05, 3.63) is 40.4 Å². The van der Waals surface area contributed by atoms with Crippen LogP contribution in [0.3, 0.4) is 0 Å². The Kier molecular flexibility index (Phi) is 4.17. The minimum Gasteiger partial charge on any atom is -0.331 e. The van der Waals surface area contributed by atoms with Gasteiger partial charge >= 0.3 is 0 Å². The zero-order chi connectivity index (χ0) is 14.7. The molecule has 3 rings (SSSR count). The highest BCUT2D eigenvalue weighted by Crippen LogP contribution is 2.29. The normalized spacial score (nSPS) is 14.3. The molecular weight excluding hydrogens is 308 g/mol. The summed E-state index contributed by atoms with van der Waals surface area (Å²) in [6, 6.07) is 9.71. The molecule has 0 aliphatic heterocycles. The Hall–Kier alpha value is -1.92. The number of rotatable bonds is 5. The quantitative estimate of drug-likeness (QED) is 0.655. The van der Waals surface area contributed by atoms with E-state index in [-0.39, 0.29) is 11.8 Å². The second kappa shape index (κ2) is 6.24. The van der Waals surface area contributed by atoms with Gasteiger partial charge in [0.25, 0.3) is 0 Å². The number of hydrazone groups is 1. The molecule has 1 aromatic heterocycles. The Morgan fingerprint density at radius 3 is 2.86 bits per heavy atom. The minimum atomic E-state index is -0.0329. The van der Waals surface area contributed by atoms with Gasteiger partial charge in [0.1, 0.15) is 0 Å². The van der Waals surface area contributed by atoms with Crippen LogP contribution in [-0.2, 0) is 4.79 Å². The average Bonchev–Trinajstić information content (AvgIpc) is 3.26. The van der Waals surface area contributed by atoms with Crippen molar-refractivity contribution in [2.45, 2.75) is 12.8 Å². The summed E-state index contributed by atoms with van der Waals surface area (Å²) in [6.07, 6.45) is 3.43. The van der Waals surface area contributed by atoms with Crippen molar-refractivity contribution >= 4 is 45.9 Å². The lowest BCUT2D eigenvalue weighted by Crippen LogP contribution is -2.18. The number of hydrogen-bond donors (Lipinski definition) is 2. The number of nitrogens with one attached hydrogen (secondary N) is 2. The third-order valence-corrected chi connectivity index (χ3v) is 4.24. The molecule has 7 heteroatoms. The topological polar surface area (TPSA) is 66.4 Å². The number of nitrogens with zero attached hydrogens (tertiary/aromatic N) is 2. The fourth-order valence-corrected chi connectivity index (χ4v) is 2.73. The molecule has 0 unspecified atom stereocenters. The van der Waals surface area contributed by atoms with Crippen LogP contribution < -0.4 is 10.7 Å². The lowest BCUT2D eigenvalue weighted by molar-refractivity contribution is -0.122. The predicted molar refractivity (Wildman–Crippen MR) is 85.3 cm³/mol. The zero-order valence-electron chi connectivity index (χ0n) is 11.0. The summed E-state index contributed by atoms with van der Waals surface area (Å²) in [7, 11) is 0. The molecule has 0 bridgehead atoms. The standard InChI is InChI=1S/C14H13ClN4OS/c15-12-11(8-16-19-13(20)9-6-7-9)21-14(18-12)17-10-4-2-1-3-5-10/h1-5,8-9H,6-7H2,(H,17,18)(H,19,20). The van der Waals surface area contributed by atoms with Crippen molar-refractivity contribution in [3.8, 4) is 0 Å². The summed E-state index contributed by atoms with van der Waals surface area (Å²) in [6.45, 7) is 0. The highest BCUT2D eigenvalue weighted by atomic mass is 35.5. The number of carbonyl (C=O) groups is 1. The summed E-state index contributed by atoms with van der Waals surface area (Å²) in [5.74, 6) is 0.101. The first-order valence-corrected chi connectivity index (χ1v) is 7.73. The van der Waals surface area contributed by atoms with Crippen molar-refractivity contribution in [1.29, 1.82) is 0 Å². The van der Waals surface area contributed by atoms with Crippen molar-refractivity contribution < 1.29 is 4.79 Å². The van der Waals surface area contributed by atoms with E-state index in [1.165, 1.54) is 17.6 Å². The molecule has 2 N–H and O–H groups in total. The van der Waals surface area contributed by atoms with E-state index >= 15 is 0 Å². The maximum atomic E-state index is 11.4. The molecule has 1 aromatic carbocycles. The van der Waals surface area contributed by atoms with Gasteiger partial charge in [-0.3, -0.25) is 4.79 Å². The number of anilines is 2. The van der Waals surface area contributed by atoms with E-state index in [1.54, 1.807) is 0 Å². The number of aromatic nitrogens is 1. The molecule has 0 radical (unpaired) electrons. The van der Waals surface area contributed by atoms with Gasteiger partial charge in [-0.2, -0.15) is 5.10 Å². The molecule has 1 fully saturated rings. The van der Waals surface area contributed by atoms with E-state index < -0.39 is 0 Å². The molecule has 1 aliphatic rings. The lowest BCUT2D eigenvalue weighted by atomic mass is 10.3. The molecule has 21 heavy (non-hydrogen) atoms. The van der Waals surface area contributed by atoms with Gasteiger partial charge in [-0.25, -0.2) is 10.4 Å².